The van der Waals surface area contributed by atoms with Gasteiger partial charge in [0, 0.05) is 34.9 Å². The Bertz CT molecular complexity index is 607. The van der Waals surface area contributed by atoms with Crippen LogP contribution in [0.4, 0.5) is 0 Å². The van der Waals surface area contributed by atoms with Gasteiger partial charge < -0.3 is 14.9 Å². The van der Waals surface area contributed by atoms with Crippen molar-refractivity contribution < 1.29 is 14.7 Å². The van der Waals surface area contributed by atoms with Gasteiger partial charge in [-0.1, -0.05) is 0 Å². The Morgan fingerprint density at radius 3 is 2.62 bits per heavy atom. The smallest absolute Gasteiger partial charge is 0.235 e. The summed E-state index contributed by atoms with van der Waals surface area (Å²) in [6.45, 7) is 5.07. The molecule has 3 heterocycles. The fourth-order valence-electron chi connectivity index (χ4n) is 3.81. The van der Waals surface area contributed by atoms with E-state index in [9.17, 15) is 14.7 Å². The van der Waals surface area contributed by atoms with E-state index >= 15 is 0 Å². The van der Waals surface area contributed by atoms with Crippen molar-refractivity contribution in [1.82, 2.24) is 9.80 Å². The standard InChI is InChI=1S/C16H23N3O3S2/c1-8(21)15-10-4-12(11(7-20)19(10)16(15)22)24-14-6-18(9(2)17)5-13(14)23-3/h7-8,10,13-15,17,21H,4-6H2,1-3H3/t8?,10-,13?,14?,15?/m1/s1. The van der Waals surface area contributed by atoms with Crippen molar-refractivity contribution in [3.8, 4) is 0 Å². The summed E-state index contributed by atoms with van der Waals surface area (Å²) in [5.74, 6) is 0.0390. The Labute approximate surface area is 150 Å². The maximum Gasteiger partial charge on any atom is 0.235 e. The number of carbonyl (C=O) groups excluding carboxylic acids is 2. The van der Waals surface area contributed by atoms with Gasteiger partial charge in [-0.3, -0.25) is 15.0 Å². The van der Waals surface area contributed by atoms with Gasteiger partial charge in [0.05, 0.1) is 29.6 Å². The van der Waals surface area contributed by atoms with Crippen LogP contribution in [0, 0.1) is 11.3 Å². The van der Waals surface area contributed by atoms with Crippen LogP contribution in [0.5, 0.6) is 0 Å². The molecule has 0 aromatic rings. The lowest BCUT2D eigenvalue weighted by Gasteiger charge is -2.44. The van der Waals surface area contributed by atoms with Gasteiger partial charge in [0.15, 0.2) is 6.29 Å². The molecule has 0 radical (unpaired) electrons. The number of hydrogen-bond donors (Lipinski definition) is 2. The van der Waals surface area contributed by atoms with Gasteiger partial charge in [-0.15, -0.1) is 11.8 Å². The van der Waals surface area contributed by atoms with E-state index in [1.807, 2.05) is 0 Å². The highest BCUT2D eigenvalue weighted by Crippen LogP contribution is 2.48. The maximum atomic E-state index is 12.2. The minimum absolute atomic E-state index is 0.0742. The van der Waals surface area contributed by atoms with E-state index in [4.69, 9.17) is 5.41 Å². The van der Waals surface area contributed by atoms with E-state index in [1.54, 1.807) is 42.3 Å². The third-order valence-electron chi connectivity index (χ3n) is 5.13. The lowest BCUT2D eigenvalue weighted by Crippen LogP contribution is -2.61. The molecule has 132 valence electrons. The summed E-state index contributed by atoms with van der Waals surface area (Å²) in [6.07, 6.45) is 2.82. The summed E-state index contributed by atoms with van der Waals surface area (Å²) in [5.41, 5.74) is 0.483. The van der Waals surface area contributed by atoms with Crippen molar-refractivity contribution in [1.29, 1.82) is 5.41 Å². The summed E-state index contributed by atoms with van der Waals surface area (Å²) >= 11 is 3.46. The molecular weight excluding hydrogens is 346 g/mol. The van der Waals surface area contributed by atoms with E-state index in [1.165, 1.54) is 0 Å². The largest absolute Gasteiger partial charge is 0.393 e. The molecule has 0 saturated carbocycles. The average Bonchev–Trinajstić information content (AvgIpc) is 3.06. The molecule has 0 aromatic carbocycles. The van der Waals surface area contributed by atoms with Crippen LogP contribution in [0.1, 0.15) is 20.3 Å². The fraction of sp³-hybridized carbons (Fsp3) is 0.688. The fourth-order valence-corrected chi connectivity index (χ4v) is 6.42. The number of likely N-dealkylation sites (tertiary alicyclic amines) is 1. The molecule has 2 saturated heterocycles. The minimum atomic E-state index is -0.683. The van der Waals surface area contributed by atoms with Crippen LogP contribution in [0.3, 0.4) is 0 Å². The topological polar surface area (TPSA) is 84.7 Å². The number of nitrogens with one attached hydrogen (secondary N) is 1. The summed E-state index contributed by atoms with van der Waals surface area (Å²) in [7, 11) is 0. The SMILES string of the molecule is CSC1CN(C(C)=N)CC1SC1=C(C=O)N2C(=O)C(C(C)O)[C@H]2C1. The van der Waals surface area contributed by atoms with Gasteiger partial charge in [0.2, 0.25) is 5.91 Å². The van der Waals surface area contributed by atoms with Crippen molar-refractivity contribution >= 4 is 41.6 Å². The first-order chi connectivity index (χ1) is 11.4. The van der Waals surface area contributed by atoms with Crippen LogP contribution in [-0.2, 0) is 9.59 Å². The molecule has 0 bridgehead atoms. The molecule has 6 nitrogen and oxygen atoms in total. The molecule has 3 rings (SSSR count). The number of hydrogen-bond acceptors (Lipinski definition) is 6. The first-order valence-corrected chi connectivity index (χ1v) is 10.2. The molecule has 2 N–H and O–H groups in total. The molecular formula is C16H23N3O3S2. The number of allylic oxidation sites excluding steroid dienone is 1. The highest BCUT2D eigenvalue weighted by Gasteiger charge is 2.55. The molecule has 24 heavy (non-hydrogen) atoms. The van der Waals surface area contributed by atoms with Crippen molar-refractivity contribution in [2.45, 2.75) is 42.9 Å². The Hall–Kier alpha value is -0.990. The van der Waals surface area contributed by atoms with Crippen LogP contribution < -0.4 is 0 Å². The van der Waals surface area contributed by atoms with E-state index in [0.717, 1.165) is 24.3 Å². The molecule has 0 spiro atoms. The monoisotopic (exact) mass is 369 g/mol. The number of carbonyl (C=O) groups is 2. The summed E-state index contributed by atoms with van der Waals surface area (Å²) in [5, 5.41) is 18.3. The number of amides is 1. The predicted octanol–water partition coefficient (Wildman–Crippen LogP) is 1.15. The highest BCUT2D eigenvalue weighted by atomic mass is 32.2. The molecule has 8 heteroatoms. The summed E-state index contributed by atoms with van der Waals surface area (Å²) < 4.78 is 0. The molecule has 3 aliphatic rings. The van der Waals surface area contributed by atoms with Crippen LogP contribution in [-0.4, -0.2) is 74.9 Å². The Morgan fingerprint density at radius 1 is 1.42 bits per heavy atom. The van der Waals surface area contributed by atoms with Gasteiger partial charge in [0.25, 0.3) is 0 Å². The summed E-state index contributed by atoms with van der Waals surface area (Å²) in [6, 6.07) is -0.0742. The van der Waals surface area contributed by atoms with E-state index in [-0.39, 0.29) is 11.9 Å². The normalized spacial score (nSPS) is 33.6. The van der Waals surface area contributed by atoms with Gasteiger partial charge in [-0.05, 0) is 20.1 Å². The first-order valence-electron chi connectivity index (χ1n) is 8.08. The lowest BCUT2D eigenvalue weighted by molar-refractivity contribution is -0.158. The predicted molar refractivity (Wildman–Crippen MR) is 97.2 cm³/mol. The van der Waals surface area contributed by atoms with E-state index in [0.29, 0.717) is 28.5 Å². The highest BCUT2D eigenvalue weighted by molar-refractivity contribution is 8.06. The van der Waals surface area contributed by atoms with Crippen LogP contribution in [0.2, 0.25) is 0 Å². The van der Waals surface area contributed by atoms with Crippen LogP contribution >= 0.6 is 23.5 Å². The number of rotatable bonds is 5. The molecule has 0 aliphatic carbocycles. The van der Waals surface area contributed by atoms with Crippen molar-refractivity contribution in [2.24, 2.45) is 5.92 Å². The third-order valence-corrected chi connectivity index (χ3v) is 7.82. The maximum absolute atomic E-state index is 12.2. The Kier molecular flexibility index (Phi) is 4.99. The molecule has 2 fully saturated rings. The zero-order chi connectivity index (χ0) is 17.6. The lowest BCUT2D eigenvalue weighted by atomic mass is 9.83. The first kappa shape index (κ1) is 17.8. The molecule has 1 amide bonds. The van der Waals surface area contributed by atoms with Gasteiger partial charge in [0.1, 0.15) is 0 Å². The summed E-state index contributed by atoms with van der Waals surface area (Å²) in [4.78, 5) is 28.4. The number of aliphatic hydroxyl groups excluding tert-OH is 1. The Balaban J connectivity index is 1.76. The molecule has 3 aliphatic heterocycles. The van der Waals surface area contributed by atoms with Crippen LogP contribution in [0.15, 0.2) is 10.6 Å². The van der Waals surface area contributed by atoms with Crippen molar-refractivity contribution in [2.75, 3.05) is 19.3 Å². The number of thioether (sulfide) groups is 2. The number of nitrogens with zero attached hydrogens (tertiary/aromatic N) is 2. The Morgan fingerprint density at radius 2 is 2.08 bits per heavy atom. The number of aldehydes is 1. The van der Waals surface area contributed by atoms with Crippen LogP contribution in [0.25, 0.3) is 0 Å². The van der Waals surface area contributed by atoms with E-state index in [2.05, 4.69) is 11.2 Å². The van der Waals surface area contributed by atoms with Crippen molar-refractivity contribution in [3.63, 3.8) is 0 Å². The van der Waals surface area contributed by atoms with Gasteiger partial charge in [-0.2, -0.15) is 11.8 Å². The number of aliphatic hydroxyl groups is 1. The molecule has 0 aromatic heterocycles. The molecule has 5 atom stereocenters. The third kappa shape index (κ3) is 2.78. The second-order valence-electron chi connectivity index (χ2n) is 6.59. The van der Waals surface area contributed by atoms with Gasteiger partial charge in [-0.25, -0.2) is 0 Å². The number of amidine groups is 1. The minimum Gasteiger partial charge on any atom is -0.393 e. The van der Waals surface area contributed by atoms with E-state index < -0.39 is 12.0 Å². The molecule has 4 unspecified atom stereocenters. The zero-order valence-electron chi connectivity index (χ0n) is 14.1. The second-order valence-corrected chi connectivity index (χ2v) is 9.00. The zero-order valence-corrected chi connectivity index (χ0v) is 15.7. The number of fused-ring (bicyclic) bond motifs is 1. The van der Waals surface area contributed by atoms with Gasteiger partial charge >= 0.3 is 0 Å². The number of β-lactam (4-membered cyclic amide) rings is 1. The second kappa shape index (κ2) is 6.72. The van der Waals surface area contributed by atoms with Crippen molar-refractivity contribution in [3.05, 3.63) is 10.6 Å². The quantitative estimate of drug-likeness (QED) is 0.327. The average molecular weight is 370 g/mol.